The number of aliphatic hydroxyl groups excluding tert-OH is 1. The molecule has 8 nitrogen and oxygen atoms in total. The Morgan fingerprint density at radius 1 is 1.08 bits per heavy atom. The van der Waals surface area contributed by atoms with Crippen LogP contribution in [0.2, 0.25) is 5.02 Å². The lowest BCUT2D eigenvalue weighted by atomic mass is 9.80. The summed E-state index contributed by atoms with van der Waals surface area (Å²) < 4.78 is 23.1. The molecule has 0 bridgehead atoms. The Morgan fingerprint density at radius 3 is 2.58 bits per heavy atom. The van der Waals surface area contributed by atoms with Crippen LogP contribution < -0.4 is 9.47 Å². The Hall–Kier alpha value is -2.78. The van der Waals surface area contributed by atoms with Gasteiger partial charge < -0.3 is 29.0 Å². The van der Waals surface area contributed by atoms with Gasteiger partial charge in [-0.2, -0.15) is 0 Å². The van der Waals surface area contributed by atoms with Crippen LogP contribution in [0.3, 0.4) is 0 Å². The molecule has 3 atom stereocenters. The number of carbonyl (C=O) groups excluding carboxylic acids is 1. The average molecular weight is 543 g/mol. The maximum atomic E-state index is 13.6. The Balaban J connectivity index is 1.28. The maximum absolute atomic E-state index is 13.6. The summed E-state index contributed by atoms with van der Waals surface area (Å²) in [4.78, 5) is 17.8. The molecule has 1 amide bonds. The van der Waals surface area contributed by atoms with Gasteiger partial charge in [-0.1, -0.05) is 29.8 Å². The van der Waals surface area contributed by atoms with Crippen molar-refractivity contribution in [3.05, 3.63) is 70.4 Å². The van der Waals surface area contributed by atoms with Gasteiger partial charge in [0, 0.05) is 62.8 Å². The Morgan fingerprint density at radius 2 is 1.84 bits per heavy atom. The van der Waals surface area contributed by atoms with E-state index in [0.29, 0.717) is 43.3 Å². The van der Waals surface area contributed by atoms with Gasteiger partial charge in [0.25, 0.3) is 5.91 Å². The van der Waals surface area contributed by atoms with Crippen molar-refractivity contribution in [1.29, 1.82) is 0 Å². The first-order valence-corrected chi connectivity index (χ1v) is 13.7. The minimum atomic E-state index is -0.566. The van der Waals surface area contributed by atoms with Crippen LogP contribution in [0.4, 0.5) is 0 Å². The van der Waals surface area contributed by atoms with Crippen LogP contribution >= 0.6 is 11.6 Å². The summed E-state index contributed by atoms with van der Waals surface area (Å²) in [6, 6.07) is 13.7. The molecule has 1 N–H and O–H groups in total. The number of allylic oxidation sites excluding steroid dienone is 1. The van der Waals surface area contributed by atoms with Crippen LogP contribution in [-0.2, 0) is 20.8 Å². The highest BCUT2D eigenvalue weighted by Crippen LogP contribution is 2.40. The molecular formula is C29H35ClN2O6. The third kappa shape index (κ3) is 6.10. The average Bonchev–Trinajstić information content (AvgIpc) is 3.41. The Kier molecular flexibility index (Phi) is 8.74. The van der Waals surface area contributed by atoms with E-state index >= 15 is 0 Å². The second-order valence-electron chi connectivity index (χ2n) is 9.84. The van der Waals surface area contributed by atoms with Crippen molar-refractivity contribution in [2.24, 2.45) is 5.92 Å². The van der Waals surface area contributed by atoms with Gasteiger partial charge in [-0.05, 0) is 61.2 Å². The van der Waals surface area contributed by atoms with Gasteiger partial charge in [-0.3, -0.25) is 9.69 Å². The number of amides is 1. The maximum Gasteiger partial charge on any atom is 0.288 e. The molecule has 0 aliphatic carbocycles. The van der Waals surface area contributed by atoms with Crippen molar-refractivity contribution >= 4 is 17.5 Å². The lowest BCUT2D eigenvalue weighted by Crippen LogP contribution is -2.49. The van der Waals surface area contributed by atoms with Crippen molar-refractivity contribution in [1.82, 2.24) is 9.80 Å². The summed E-state index contributed by atoms with van der Waals surface area (Å²) >= 11 is 6.14. The first-order chi connectivity index (χ1) is 18.6. The number of halogens is 1. The molecule has 0 unspecified atom stereocenters. The topological polar surface area (TPSA) is 80.7 Å². The lowest BCUT2D eigenvalue weighted by Gasteiger charge is -2.39. The van der Waals surface area contributed by atoms with Crippen molar-refractivity contribution < 1.29 is 28.8 Å². The third-order valence-corrected chi connectivity index (χ3v) is 7.63. The van der Waals surface area contributed by atoms with Gasteiger partial charge in [0.15, 0.2) is 17.3 Å². The first-order valence-electron chi connectivity index (χ1n) is 13.3. The summed E-state index contributed by atoms with van der Waals surface area (Å²) in [7, 11) is 0. The van der Waals surface area contributed by atoms with E-state index in [0.717, 1.165) is 42.3 Å². The SMILES string of the molecule is CCO[C@@H]1OC(C(=O)N2CCN(Cc3ccc4c(c3)OCO4)CC2)=C[C@H](c2ccc(Cl)cc2)[C@@H]1CCCO. The quantitative estimate of drug-likeness (QED) is 0.509. The minimum Gasteiger partial charge on any atom is -0.459 e. The predicted molar refractivity (Wildman–Crippen MR) is 143 cm³/mol. The fraction of sp³-hybridized carbons (Fsp3) is 0.483. The van der Waals surface area contributed by atoms with E-state index in [-0.39, 0.29) is 31.1 Å². The number of hydrogen-bond acceptors (Lipinski definition) is 7. The number of benzene rings is 2. The number of rotatable bonds is 9. The zero-order valence-corrected chi connectivity index (χ0v) is 22.4. The van der Waals surface area contributed by atoms with Crippen LogP contribution in [0.5, 0.6) is 11.5 Å². The molecule has 1 saturated heterocycles. The van der Waals surface area contributed by atoms with E-state index in [2.05, 4.69) is 11.0 Å². The molecule has 3 aliphatic rings. The minimum absolute atomic E-state index is 0.0293. The highest BCUT2D eigenvalue weighted by Gasteiger charge is 2.39. The monoisotopic (exact) mass is 542 g/mol. The largest absolute Gasteiger partial charge is 0.459 e. The van der Waals surface area contributed by atoms with Gasteiger partial charge in [-0.15, -0.1) is 0 Å². The molecule has 38 heavy (non-hydrogen) atoms. The fourth-order valence-electron chi connectivity index (χ4n) is 5.38. The molecule has 204 valence electrons. The van der Waals surface area contributed by atoms with Gasteiger partial charge in [0.2, 0.25) is 13.1 Å². The second kappa shape index (κ2) is 12.4. The molecule has 5 rings (SSSR count). The summed E-state index contributed by atoms with van der Waals surface area (Å²) in [5.41, 5.74) is 2.20. The van der Waals surface area contributed by atoms with E-state index in [1.54, 1.807) is 0 Å². The molecule has 0 saturated carbocycles. The normalized spacial score (nSPS) is 23.2. The molecule has 2 aromatic carbocycles. The van der Waals surface area contributed by atoms with Crippen LogP contribution in [-0.4, -0.2) is 73.3 Å². The van der Waals surface area contributed by atoms with Crippen LogP contribution in [0, 0.1) is 5.92 Å². The number of hydrogen-bond donors (Lipinski definition) is 1. The van der Waals surface area contributed by atoms with Crippen molar-refractivity contribution in [3.8, 4) is 11.5 Å². The van der Waals surface area contributed by atoms with Crippen LogP contribution in [0.15, 0.2) is 54.3 Å². The van der Waals surface area contributed by atoms with Crippen LogP contribution in [0.25, 0.3) is 0 Å². The number of nitrogens with zero attached hydrogens (tertiary/aromatic N) is 2. The standard InChI is InChI=1S/C29H35ClN2O6/c1-2-35-29-23(4-3-15-33)24(21-6-8-22(30)9-7-21)17-27(38-29)28(34)32-13-11-31(12-14-32)18-20-5-10-25-26(16-20)37-19-36-25/h5-10,16-17,23-24,29,33H,2-4,11-15,18-19H2,1H3/t23-,24+,29+/m0/s1. The highest BCUT2D eigenvalue weighted by molar-refractivity contribution is 6.30. The van der Waals surface area contributed by atoms with Gasteiger partial charge >= 0.3 is 0 Å². The van der Waals surface area contributed by atoms with E-state index in [9.17, 15) is 9.90 Å². The molecule has 0 aromatic heterocycles. The molecule has 0 radical (unpaired) electrons. The van der Waals surface area contributed by atoms with E-state index in [1.165, 1.54) is 0 Å². The molecule has 3 heterocycles. The van der Waals surface area contributed by atoms with Gasteiger partial charge in [0.1, 0.15) is 0 Å². The number of aliphatic hydroxyl groups is 1. The predicted octanol–water partition coefficient (Wildman–Crippen LogP) is 4.16. The molecule has 2 aromatic rings. The third-order valence-electron chi connectivity index (χ3n) is 7.38. The fourth-order valence-corrected chi connectivity index (χ4v) is 5.51. The summed E-state index contributed by atoms with van der Waals surface area (Å²) in [6.07, 6.45) is 2.71. The number of ether oxygens (including phenoxy) is 4. The zero-order chi connectivity index (χ0) is 26.5. The Labute approximate surface area is 228 Å². The molecular weight excluding hydrogens is 508 g/mol. The van der Waals surface area contributed by atoms with Crippen molar-refractivity contribution in [2.45, 2.75) is 38.5 Å². The zero-order valence-electron chi connectivity index (χ0n) is 21.7. The van der Waals surface area contributed by atoms with Gasteiger partial charge in [-0.25, -0.2) is 0 Å². The van der Waals surface area contributed by atoms with E-state index < -0.39 is 6.29 Å². The van der Waals surface area contributed by atoms with Gasteiger partial charge in [0.05, 0.1) is 0 Å². The van der Waals surface area contributed by atoms with E-state index in [1.807, 2.05) is 54.3 Å². The molecule has 1 fully saturated rings. The molecule has 9 heteroatoms. The molecule has 0 spiro atoms. The van der Waals surface area contributed by atoms with E-state index in [4.69, 9.17) is 30.5 Å². The van der Waals surface area contributed by atoms with Crippen molar-refractivity contribution in [3.63, 3.8) is 0 Å². The number of fused-ring (bicyclic) bond motifs is 1. The number of carbonyl (C=O) groups is 1. The van der Waals surface area contributed by atoms with Crippen LogP contribution in [0.1, 0.15) is 36.8 Å². The smallest absolute Gasteiger partial charge is 0.288 e. The Bertz CT molecular complexity index is 1130. The van der Waals surface area contributed by atoms with Crippen molar-refractivity contribution in [2.75, 3.05) is 46.2 Å². The molecule has 3 aliphatic heterocycles. The summed E-state index contributed by atoms with van der Waals surface area (Å²) in [5, 5.41) is 10.1. The highest BCUT2D eigenvalue weighted by atomic mass is 35.5. The first kappa shape index (κ1) is 26.8. The second-order valence-corrected chi connectivity index (χ2v) is 10.3. The lowest BCUT2D eigenvalue weighted by molar-refractivity contribution is -0.171. The summed E-state index contributed by atoms with van der Waals surface area (Å²) in [6.45, 7) is 6.29. The summed E-state index contributed by atoms with van der Waals surface area (Å²) in [5.74, 6) is 1.67. The number of piperazine rings is 1.